The van der Waals surface area contributed by atoms with Crippen LogP contribution in [0.5, 0.6) is 0 Å². The van der Waals surface area contributed by atoms with Crippen molar-refractivity contribution < 1.29 is 0 Å². The molecule has 0 aliphatic heterocycles. The molecule has 6 heteroatoms. The maximum absolute atomic E-state index is 4.49. The highest BCUT2D eigenvalue weighted by molar-refractivity contribution is 5.46. The standard InChI is InChI=1S/C16H18N6/c1-21(2)14-6-4-13(5-7-14)10-18-15-11-17-12-16(20-15)22-9-3-8-19-22/h3-9,11-12H,10H2,1-2H3,(H,18,20). The third kappa shape index (κ3) is 3.22. The predicted molar refractivity (Wildman–Crippen MR) is 87.2 cm³/mol. The van der Waals surface area contributed by atoms with Crippen LogP contribution in [-0.2, 0) is 6.54 Å². The Morgan fingerprint density at radius 3 is 2.64 bits per heavy atom. The first-order valence-electron chi connectivity index (χ1n) is 7.04. The van der Waals surface area contributed by atoms with Crippen molar-refractivity contribution in [2.45, 2.75) is 6.54 Å². The molecule has 0 bridgehead atoms. The highest BCUT2D eigenvalue weighted by Crippen LogP contribution is 2.13. The van der Waals surface area contributed by atoms with Gasteiger partial charge < -0.3 is 10.2 Å². The Hall–Kier alpha value is -2.89. The average molecular weight is 294 g/mol. The minimum absolute atomic E-state index is 0.693. The summed E-state index contributed by atoms with van der Waals surface area (Å²) in [6.07, 6.45) is 6.95. The van der Waals surface area contributed by atoms with Crippen molar-refractivity contribution in [2.24, 2.45) is 0 Å². The molecule has 0 aliphatic carbocycles. The Balaban J connectivity index is 1.67. The molecule has 0 unspecified atom stereocenters. The minimum Gasteiger partial charge on any atom is -0.378 e. The first kappa shape index (κ1) is 14.1. The normalized spacial score (nSPS) is 10.5. The van der Waals surface area contributed by atoms with Crippen LogP contribution in [0.2, 0.25) is 0 Å². The van der Waals surface area contributed by atoms with Crippen LogP contribution in [0.25, 0.3) is 5.82 Å². The third-order valence-electron chi connectivity index (χ3n) is 3.29. The molecule has 1 aromatic carbocycles. The summed E-state index contributed by atoms with van der Waals surface area (Å²) >= 11 is 0. The zero-order chi connectivity index (χ0) is 15.4. The third-order valence-corrected chi connectivity index (χ3v) is 3.29. The smallest absolute Gasteiger partial charge is 0.173 e. The number of rotatable bonds is 5. The molecule has 3 aromatic rings. The van der Waals surface area contributed by atoms with Gasteiger partial charge in [-0.2, -0.15) is 5.10 Å². The molecule has 0 amide bonds. The van der Waals surface area contributed by atoms with Crippen molar-refractivity contribution in [1.82, 2.24) is 19.7 Å². The summed E-state index contributed by atoms with van der Waals surface area (Å²) in [7, 11) is 4.06. The van der Waals surface area contributed by atoms with Gasteiger partial charge in [0.1, 0.15) is 5.82 Å². The molecule has 6 nitrogen and oxygen atoms in total. The number of aromatic nitrogens is 4. The molecule has 0 atom stereocenters. The first-order chi connectivity index (χ1) is 10.7. The van der Waals surface area contributed by atoms with Crippen LogP contribution < -0.4 is 10.2 Å². The molecular weight excluding hydrogens is 276 g/mol. The number of nitrogens with one attached hydrogen (secondary N) is 1. The van der Waals surface area contributed by atoms with E-state index >= 15 is 0 Å². The summed E-state index contributed by atoms with van der Waals surface area (Å²) in [5, 5.41) is 7.44. The van der Waals surface area contributed by atoms with E-state index in [2.05, 4.69) is 49.5 Å². The fraction of sp³-hybridized carbons (Fsp3) is 0.188. The quantitative estimate of drug-likeness (QED) is 0.782. The van der Waals surface area contributed by atoms with Crippen LogP contribution in [0, 0.1) is 0 Å². The summed E-state index contributed by atoms with van der Waals surface area (Å²) in [6.45, 7) is 0.699. The van der Waals surface area contributed by atoms with E-state index in [4.69, 9.17) is 0 Å². The zero-order valence-corrected chi connectivity index (χ0v) is 12.6. The van der Waals surface area contributed by atoms with Gasteiger partial charge in [-0.05, 0) is 23.8 Å². The van der Waals surface area contributed by atoms with E-state index in [1.807, 2.05) is 26.4 Å². The first-order valence-corrected chi connectivity index (χ1v) is 7.04. The van der Waals surface area contributed by atoms with Gasteiger partial charge in [0.05, 0.1) is 12.4 Å². The molecule has 3 rings (SSSR count). The van der Waals surface area contributed by atoms with Crippen LogP contribution in [0.4, 0.5) is 11.5 Å². The Kier molecular flexibility index (Phi) is 4.00. The zero-order valence-electron chi connectivity index (χ0n) is 12.6. The van der Waals surface area contributed by atoms with Gasteiger partial charge >= 0.3 is 0 Å². The lowest BCUT2D eigenvalue weighted by Gasteiger charge is -2.13. The van der Waals surface area contributed by atoms with Crippen molar-refractivity contribution >= 4 is 11.5 Å². The molecule has 1 N–H and O–H groups in total. The molecule has 112 valence electrons. The summed E-state index contributed by atoms with van der Waals surface area (Å²) in [4.78, 5) is 10.8. The van der Waals surface area contributed by atoms with Crippen molar-refractivity contribution in [3.8, 4) is 5.82 Å². The highest BCUT2D eigenvalue weighted by Gasteiger charge is 2.02. The van der Waals surface area contributed by atoms with Crippen LogP contribution in [0.15, 0.2) is 55.1 Å². The predicted octanol–water partition coefficient (Wildman–Crippen LogP) is 2.34. The number of hydrogen-bond acceptors (Lipinski definition) is 5. The Labute approximate surface area is 129 Å². The van der Waals surface area contributed by atoms with Crippen molar-refractivity contribution in [3.63, 3.8) is 0 Å². The molecular formula is C16H18N6. The second kappa shape index (κ2) is 6.26. The average Bonchev–Trinajstić information content (AvgIpc) is 3.08. The molecule has 0 saturated carbocycles. The molecule has 0 spiro atoms. The maximum atomic E-state index is 4.49. The summed E-state index contributed by atoms with van der Waals surface area (Å²) in [5.74, 6) is 1.42. The Bertz CT molecular complexity index is 719. The van der Waals surface area contributed by atoms with Gasteiger partial charge in [-0.25, -0.2) is 9.67 Å². The number of nitrogens with zero attached hydrogens (tertiary/aromatic N) is 5. The van der Waals surface area contributed by atoms with Crippen LogP contribution in [-0.4, -0.2) is 33.8 Å². The van der Waals surface area contributed by atoms with Gasteiger partial charge in [-0.3, -0.25) is 4.98 Å². The van der Waals surface area contributed by atoms with E-state index in [1.165, 1.54) is 11.3 Å². The number of hydrogen-bond donors (Lipinski definition) is 1. The monoisotopic (exact) mass is 294 g/mol. The van der Waals surface area contributed by atoms with E-state index in [1.54, 1.807) is 23.3 Å². The van der Waals surface area contributed by atoms with Crippen LogP contribution >= 0.6 is 0 Å². The van der Waals surface area contributed by atoms with Crippen molar-refractivity contribution in [2.75, 3.05) is 24.3 Å². The molecule has 0 radical (unpaired) electrons. The topological polar surface area (TPSA) is 58.9 Å². The highest BCUT2D eigenvalue weighted by atomic mass is 15.3. The summed E-state index contributed by atoms with van der Waals surface area (Å²) < 4.78 is 1.68. The lowest BCUT2D eigenvalue weighted by Crippen LogP contribution is -2.09. The van der Waals surface area contributed by atoms with Gasteiger partial charge in [-0.1, -0.05) is 12.1 Å². The lowest BCUT2D eigenvalue weighted by atomic mass is 10.2. The SMILES string of the molecule is CN(C)c1ccc(CNc2cncc(-n3cccn3)n2)cc1. The largest absolute Gasteiger partial charge is 0.378 e. The lowest BCUT2D eigenvalue weighted by molar-refractivity contribution is 0.837. The van der Waals surface area contributed by atoms with E-state index in [9.17, 15) is 0 Å². The fourth-order valence-electron chi connectivity index (χ4n) is 2.06. The molecule has 2 heterocycles. The molecule has 22 heavy (non-hydrogen) atoms. The molecule has 0 aliphatic rings. The van der Waals surface area contributed by atoms with Crippen LogP contribution in [0.1, 0.15) is 5.56 Å². The van der Waals surface area contributed by atoms with Crippen molar-refractivity contribution in [1.29, 1.82) is 0 Å². The van der Waals surface area contributed by atoms with Gasteiger partial charge in [0, 0.05) is 38.7 Å². The van der Waals surface area contributed by atoms with E-state index in [0.717, 1.165) is 5.82 Å². The Morgan fingerprint density at radius 2 is 1.95 bits per heavy atom. The molecule has 0 saturated heterocycles. The van der Waals surface area contributed by atoms with Gasteiger partial charge in [-0.15, -0.1) is 0 Å². The minimum atomic E-state index is 0.693. The van der Waals surface area contributed by atoms with Crippen LogP contribution in [0.3, 0.4) is 0 Å². The van der Waals surface area contributed by atoms with E-state index in [0.29, 0.717) is 12.4 Å². The summed E-state index contributed by atoms with van der Waals surface area (Å²) in [5.41, 5.74) is 2.38. The van der Waals surface area contributed by atoms with Gasteiger partial charge in [0.2, 0.25) is 0 Å². The van der Waals surface area contributed by atoms with Gasteiger partial charge in [0.15, 0.2) is 5.82 Å². The fourth-order valence-corrected chi connectivity index (χ4v) is 2.06. The summed E-state index contributed by atoms with van der Waals surface area (Å²) in [6, 6.07) is 10.3. The second-order valence-corrected chi connectivity index (χ2v) is 5.13. The van der Waals surface area contributed by atoms with Gasteiger partial charge in [0.25, 0.3) is 0 Å². The molecule has 0 fully saturated rings. The van der Waals surface area contributed by atoms with E-state index in [-0.39, 0.29) is 0 Å². The second-order valence-electron chi connectivity index (χ2n) is 5.13. The van der Waals surface area contributed by atoms with E-state index < -0.39 is 0 Å². The Morgan fingerprint density at radius 1 is 1.14 bits per heavy atom. The number of anilines is 2. The number of benzene rings is 1. The van der Waals surface area contributed by atoms with Crippen molar-refractivity contribution in [3.05, 3.63) is 60.7 Å². The molecule has 2 aromatic heterocycles. The maximum Gasteiger partial charge on any atom is 0.173 e.